The lowest BCUT2D eigenvalue weighted by Crippen LogP contribution is -2.59. The molecule has 1 aliphatic heterocycles. The van der Waals surface area contributed by atoms with E-state index in [1.54, 1.807) is 38.1 Å². The van der Waals surface area contributed by atoms with E-state index in [0.717, 1.165) is 4.90 Å². The molecular weight excluding hydrogens is 263 g/mol. The van der Waals surface area contributed by atoms with Gasteiger partial charge in [-0.3, -0.25) is 4.79 Å². The summed E-state index contributed by atoms with van der Waals surface area (Å²) >= 11 is 0. The molecule has 2 amide bonds. The first kappa shape index (κ1) is 14.3. The summed E-state index contributed by atoms with van der Waals surface area (Å²) in [4.78, 5) is 24.9. The Morgan fingerprint density at radius 1 is 1.45 bits per heavy atom. The summed E-state index contributed by atoms with van der Waals surface area (Å²) in [5.41, 5.74) is 0.682. The molecule has 0 bridgehead atoms. The van der Waals surface area contributed by atoms with Crippen LogP contribution in [-0.4, -0.2) is 23.9 Å². The van der Waals surface area contributed by atoms with E-state index in [-0.39, 0.29) is 6.42 Å². The van der Waals surface area contributed by atoms with Crippen molar-refractivity contribution in [2.75, 3.05) is 10.2 Å². The van der Waals surface area contributed by atoms with Gasteiger partial charge < -0.3 is 10.1 Å². The Bertz CT molecular complexity index is 547. The molecular formula is C14H17FN2O3. The van der Waals surface area contributed by atoms with Crippen molar-refractivity contribution >= 4 is 23.4 Å². The van der Waals surface area contributed by atoms with Crippen LogP contribution in [0.3, 0.4) is 0 Å². The Labute approximate surface area is 116 Å². The fraction of sp³-hybridized carbons (Fsp3) is 0.429. The summed E-state index contributed by atoms with van der Waals surface area (Å²) in [6, 6.07) is 6.54. The van der Waals surface area contributed by atoms with E-state index in [0.29, 0.717) is 11.4 Å². The van der Waals surface area contributed by atoms with Crippen molar-refractivity contribution in [3.8, 4) is 0 Å². The van der Waals surface area contributed by atoms with Gasteiger partial charge in [-0.15, -0.1) is 0 Å². The summed E-state index contributed by atoms with van der Waals surface area (Å²) in [6.07, 6.45) is -1.44. The fourth-order valence-corrected chi connectivity index (χ4v) is 2.10. The van der Waals surface area contributed by atoms with E-state index in [2.05, 4.69) is 5.32 Å². The molecule has 1 atom stereocenters. The fourth-order valence-electron chi connectivity index (χ4n) is 2.10. The first-order valence-corrected chi connectivity index (χ1v) is 6.50. The second-order valence-electron chi connectivity index (χ2n) is 4.85. The van der Waals surface area contributed by atoms with Crippen LogP contribution in [0, 0.1) is 0 Å². The number of hydrogen-bond donors (Lipinski definition) is 1. The van der Waals surface area contributed by atoms with Crippen LogP contribution in [0.1, 0.15) is 27.2 Å². The molecule has 1 heterocycles. The van der Waals surface area contributed by atoms with E-state index < -0.39 is 23.9 Å². The molecule has 2 rings (SSSR count). The quantitative estimate of drug-likeness (QED) is 0.847. The minimum absolute atomic E-state index is 0.166. The summed E-state index contributed by atoms with van der Waals surface area (Å²) in [6.45, 7) is 4.84. The van der Waals surface area contributed by atoms with Crippen LogP contribution in [0.2, 0.25) is 0 Å². The maximum atomic E-state index is 15.0. The van der Waals surface area contributed by atoms with Gasteiger partial charge in [0.25, 0.3) is 11.7 Å². The van der Waals surface area contributed by atoms with Gasteiger partial charge in [0.05, 0.1) is 17.5 Å². The maximum absolute atomic E-state index is 15.0. The number of nitrogens with zero attached hydrogens (tertiary/aromatic N) is 1. The van der Waals surface area contributed by atoms with Crippen LogP contribution in [0.5, 0.6) is 0 Å². The smallest absolute Gasteiger partial charge is 0.417 e. The molecule has 6 heteroatoms. The van der Waals surface area contributed by atoms with Crippen LogP contribution in [0.15, 0.2) is 24.3 Å². The standard InChI is InChI=1S/C14H17FN2O3/c1-4-14(15)12(18)16-10-7-5-6-8-11(10)17(14)13(19)20-9(2)3/h5-9H,4H2,1-3H3,(H,16,18)/t14-/m1/s1. The van der Waals surface area contributed by atoms with Crippen LogP contribution in [0.25, 0.3) is 0 Å². The van der Waals surface area contributed by atoms with E-state index in [1.807, 2.05) is 0 Å². The number of benzene rings is 1. The summed E-state index contributed by atoms with van der Waals surface area (Å²) in [7, 11) is 0. The predicted molar refractivity (Wildman–Crippen MR) is 73.3 cm³/mol. The summed E-state index contributed by atoms with van der Waals surface area (Å²) in [5, 5.41) is 2.48. The number of nitrogens with one attached hydrogen (secondary N) is 1. The van der Waals surface area contributed by atoms with Crippen LogP contribution >= 0.6 is 0 Å². The average Bonchev–Trinajstić information content (AvgIpc) is 2.39. The molecule has 0 fully saturated rings. The molecule has 108 valence electrons. The molecule has 0 unspecified atom stereocenters. The molecule has 0 spiro atoms. The number of alkyl halides is 1. The number of fused-ring (bicyclic) bond motifs is 1. The highest BCUT2D eigenvalue weighted by Gasteiger charge is 2.51. The van der Waals surface area contributed by atoms with Gasteiger partial charge in [-0.25, -0.2) is 14.1 Å². The number of carbonyl (C=O) groups excluding carboxylic acids is 2. The molecule has 1 N–H and O–H groups in total. The second-order valence-corrected chi connectivity index (χ2v) is 4.85. The zero-order valence-corrected chi connectivity index (χ0v) is 11.6. The zero-order valence-electron chi connectivity index (χ0n) is 11.6. The van der Waals surface area contributed by atoms with Crippen molar-refractivity contribution in [2.45, 2.75) is 39.1 Å². The predicted octanol–water partition coefficient (Wildman–Crippen LogP) is 3.07. The third kappa shape index (κ3) is 2.21. The van der Waals surface area contributed by atoms with Gasteiger partial charge in [0.2, 0.25) is 0 Å². The molecule has 0 radical (unpaired) electrons. The third-order valence-electron chi connectivity index (χ3n) is 3.08. The number of ether oxygens (including phenoxy) is 1. The number of carbonyl (C=O) groups is 2. The maximum Gasteiger partial charge on any atom is 0.417 e. The summed E-state index contributed by atoms with van der Waals surface area (Å²) in [5.74, 6) is -3.31. The first-order chi connectivity index (χ1) is 9.40. The van der Waals surface area contributed by atoms with Crippen molar-refractivity contribution in [3.05, 3.63) is 24.3 Å². The molecule has 1 aromatic rings. The Kier molecular flexibility index (Phi) is 3.65. The minimum atomic E-state index is -2.44. The average molecular weight is 280 g/mol. The monoisotopic (exact) mass is 280 g/mol. The molecule has 20 heavy (non-hydrogen) atoms. The van der Waals surface area contributed by atoms with E-state index in [1.165, 1.54) is 6.92 Å². The molecule has 5 nitrogen and oxygen atoms in total. The van der Waals surface area contributed by atoms with Crippen LogP contribution < -0.4 is 10.2 Å². The van der Waals surface area contributed by atoms with Gasteiger partial charge in [0, 0.05) is 6.42 Å². The molecule has 1 aromatic carbocycles. The van der Waals surface area contributed by atoms with Gasteiger partial charge in [-0.2, -0.15) is 0 Å². The highest BCUT2D eigenvalue weighted by Crippen LogP contribution is 2.39. The van der Waals surface area contributed by atoms with Crippen molar-refractivity contribution < 1.29 is 18.7 Å². The van der Waals surface area contributed by atoms with Crippen molar-refractivity contribution in [1.29, 1.82) is 0 Å². The molecule has 0 aromatic heterocycles. The normalized spacial score (nSPS) is 21.4. The Morgan fingerprint density at radius 3 is 2.70 bits per heavy atom. The van der Waals surface area contributed by atoms with E-state index in [9.17, 15) is 14.0 Å². The molecule has 0 saturated carbocycles. The summed E-state index contributed by atoms with van der Waals surface area (Å²) < 4.78 is 20.0. The molecule has 0 aliphatic carbocycles. The molecule has 1 aliphatic rings. The van der Waals surface area contributed by atoms with Crippen LogP contribution in [0.4, 0.5) is 20.6 Å². The topological polar surface area (TPSA) is 58.6 Å². The number of anilines is 2. The highest BCUT2D eigenvalue weighted by molar-refractivity contribution is 6.12. The second kappa shape index (κ2) is 5.11. The van der Waals surface area contributed by atoms with Crippen molar-refractivity contribution in [3.63, 3.8) is 0 Å². The highest BCUT2D eigenvalue weighted by atomic mass is 19.1. The largest absolute Gasteiger partial charge is 0.446 e. The van der Waals surface area contributed by atoms with Crippen molar-refractivity contribution in [2.24, 2.45) is 0 Å². The van der Waals surface area contributed by atoms with Crippen LogP contribution in [-0.2, 0) is 9.53 Å². The minimum Gasteiger partial charge on any atom is -0.446 e. The Hall–Kier alpha value is -2.11. The lowest BCUT2D eigenvalue weighted by atomic mass is 10.0. The zero-order chi connectivity index (χ0) is 14.9. The SMILES string of the molecule is CC[C@]1(F)C(=O)Nc2ccccc2N1C(=O)OC(C)C. The van der Waals surface area contributed by atoms with Gasteiger partial charge in [-0.1, -0.05) is 19.1 Å². The number of hydrogen-bond acceptors (Lipinski definition) is 3. The first-order valence-electron chi connectivity index (χ1n) is 6.50. The number of para-hydroxylation sites is 2. The van der Waals surface area contributed by atoms with Gasteiger partial charge >= 0.3 is 6.09 Å². The lowest BCUT2D eigenvalue weighted by Gasteiger charge is -2.39. The molecule has 0 saturated heterocycles. The van der Waals surface area contributed by atoms with Gasteiger partial charge in [-0.05, 0) is 26.0 Å². The number of halogens is 1. The lowest BCUT2D eigenvalue weighted by molar-refractivity contribution is -0.127. The third-order valence-corrected chi connectivity index (χ3v) is 3.08. The number of amides is 2. The van der Waals surface area contributed by atoms with Gasteiger partial charge in [0.1, 0.15) is 0 Å². The number of rotatable bonds is 2. The van der Waals surface area contributed by atoms with E-state index in [4.69, 9.17) is 4.74 Å². The van der Waals surface area contributed by atoms with Crippen molar-refractivity contribution in [1.82, 2.24) is 0 Å². The van der Waals surface area contributed by atoms with Gasteiger partial charge in [0.15, 0.2) is 0 Å². The Balaban J connectivity index is 2.52. The van der Waals surface area contributed by atoms with E-state index >= 15 is 0 Å². The Morgan fingerprint density at radius 2 is 2.10 bits per heavy atom.